The lowest BCUT2D eigenvalue weighted by Gasteiger charge is -2.23. The van der Waals surface area contributed by atoms with Gasteiger partial charge in [-0.2, -0.15) is 0 Å². The molecule has 1 saturated heterocycles. The zero-order chi connectivity index (χ0) is 13.0. The third kappa shape index (κ3) is 3.07. The molecule has 0 bridgehead atoms. The number of aromatic nitrogens is 1. The van der Waals surface area contributed by atoms with Gasteiger partial charge in [-0.1, -0.05) is 19.3 Å². The van der Waals surface area contributed by atoms with E-state index < -0.39 is 5.97 Å². The molecule has 0 atom stereocenters. The summed E-state index contributed by atoms with van der Waals surface area (Å²) >= 11 is 1.11. The first-order chi connectivity index (χ1) is 8.68. The molecule has 2 rings (SSSR count). The summed E-state index contributed by atoms with van der Waals surface area (Å²) in [4.78, 5) is 28.6. The summed E-state index contributed by atoms with van der Waals surface area (Å²) < 4.78 is 0. The Morgan fingerprint density at radius 1 is 1.17 bits per heavy atom. The van der Waals surface area contributed by atoms with E-state index in [1.54, 1.807) is 4.90 Å². The molecule has 1 aliphatic heterocycles. The summed E-state index contributed by atoms with van der Waals surface area (Å²) in [6.07, 6.45) is 5.58. The average molecular weight is 268 g/mol. The number of thiazole rings is 1. The predicted molar refractivity (Wildman–Crippen MR) is 68.1 cm³/mol. The van der Waals surface area contributed by atoms with Gasteiger partial charge < -0.3 is 10.0 Å². The molecule has 0 aliphatic carbocycles. The average Bonchev–Trinajstić information content (AvgIpc) is 2.77. The minimum atomic E-state index is -1.09. The topological polar surface area (TPSA) is 70.5 Å². The molecule has 2 heterocycles. The maximum Gasteiger partial charge on any atom is 0.355 e. The fourth-order valence-electron chi connectivity index (χ4n) is 2.06. The Hall–Kier alpha value is -1.43. The van der Waals surface area contributed by atoms with Crippen LogP contribution in [0.15, 0.2) is 5.38 Å². The first-order valence-electron chi connectivity index (χ1n) is 6.16. The smallest absolute Gasteiger partial charge is 0.355 e. The first kappa shape index (κ1) is 13.0. The van der Waals surface area contributed by atoms with Gasteiger partial charge in [0.1, 0.15) is 0 Å². The Kier molecular flexibility index (Phi) is 4.30. The van der Waals surface area contributed by atoms with Gasteiger partial charge in [-0.05, 0) is 12.8 Å². The highest BCUT2D eigenvalue weighted by atomic mass is 32.1. The number of carbonyl (C=O) groups is 2. The number of carboxylic acids is 1. The molecule has 5 nitrogen and oxygen atoms in total. The second-order valence-electron chi connectivity index (χ2n) is 4.40. The zero-order valence-electron chi connectivity index (χ0n) is 10.1. The zero-order valence-corrected chi connectivity index (χ0v) is 10.9. The molecule has 0 spiro atoms. The van der Waals surface area contributed by atoms with Crippen molar-refractivity contribution in [3.8, 4) is 0 Å². The number of hydrogen-bond donors (Lipinski definition) is 1. The first-order valence-corrected chi connectivity index (χ1v) is 7.04. The van der Waals surface area contributed by atoms with E-state index in [9.17, 15) is 9.59 Å². The molecule has 6 heteroatoms. The van der Waals surface area contributed by atoms with Gasteiger partial charge in [0.2, 0.25) is 0 Å². The van der Waals surface area contributed by atoms with Crippen molar-refractivity contribution in [2.75, 3.05) is 13.1 Å². The highest BCUT2D eigenvalue weighted by Gasteiger charge is 2.21. The van der Waals surface area contributed by atoms with E-state index in [-0.39, 0.29) is 16.6 Å². The van der Waals surface area contributed by atoms with Crippen LogP contribution in [0.2, 0.25) is 0 Å². The second kappa shape index (κ2) is 5.95. The maximum absolute atomic E-state index is 12.2. The second-order valence-corrected chi connectivity index (χ2v) is 5.26. The van der Waals surface area contributed by atoms with Crippen LogP contribution in [0.4, 0.5) is 0 Å². The van der Waals surface area contributed by atoms with Crippen molar-refractivity contribution in [1.29, 1.82) is 0 Å². The van der Waals surface area contributed by atoms with Gasteiger partial charge in [-0.3, -0.25) is 4.79 Å². The lowest BCUT2D eigenvalue weighted by atomic mass is 10.1. The van der Waals surface area contributed by atoms with Crippen LogP contribution in [-0.2, 0) is 0 Å². The van der Waals surface area contributed by atoms with Crippen molar-refractivity contribution in [2.24, 2.45) is 0 Å². The third-order valence-electron chi connectivity index (χ3n) is 3.05. The van der Waals surface area contributed by atoms with Gasteiger partial charge in [-0.15, -0.1) is 11.3 Å². The van der Waals surface area contributed by atoms with Gasteiger partial charge in [-0.25, -0.2) is 9.78 Å². The van der Waals surface area contributed by atoms with Gasteiger partial charge in [0.05, 0.1) is 0 Å². The SMILES string of the molecule is O=C(O)c1csc(C(=O)N2CCCCCCC2)n1. The number of hydrogen-bond acceptors (Lipinski definition) is 4. The molecule has 0 unspecified atom stereocenters. The molecule has 18 heavy (non-hydrogen) atoms. The summed E-state index contributed by atoms with van der Waals surface area (Å²) in [5, 5.41) is 10.5. The van der Waals surface area contributed by atoms with E-state index in [1.165, 1.54) is 11.8 Å². The Morgan fingerprint density at radius 2 is 1.78 bits per heavy atom. The molecular formula is C12H16N2O3S. The van der Waals surface area contributed by atoms with Crippen molar-refractivity contribution >= 4 is 23.2 Å². The van der Waals surface area contributed by atoms with E-state index >= 15 is 0 Å². The highest BCUT2D eigenvalue weighted by molar-refractivity contribution is 7.11. The number of likely N-dealkylation sites (tertiary alicyclic amines) is 1. The number of carbonyl (C=O) groups excluding carboxylic acids is 1. The summed E-state index contributed by atoms with van der Waals surface area (Å²) in [5.74, 6) is -1.22. The van der Waals surface area contributed by atoms with Crippen LogP contribution in [0.1, 0.15) is 52.4 Å². The molecule has 98 valence electrons. The Balaban J connectivity index is 2.05. The van der Waals surface area contributed by atoms with Crippen LogP contribution in [0.3, 0.4) is 0 Å². The van der Waals surface area contributed by atoms with Crippen LogP contribution < -0.4 is 0 Å². The predicted octanol–water partition coefficient (Wildman–Crippen LogP) is 2.25. The van der Waals surface area contributed by atoms with E-state index in [0.717, 1.165) is 50.1 Å². The fraction of sp³-hybridized carbons (Fsp3) is 0.583. The lowest BCUT2D eigenvalue weighted by Crippen LogP contribution is -2.33. The van der Waals surface area contributed by atoms with Crippen LogP contribution in [0, 0.1) is 0 Å². The normalized spacial score (nSPS) is 17.0. The van der Waals surface area contributed by atoms with Crippen LogP contribution in [-0.4, -0.2) is 40.0 Å². The molecule has 1 N–H and O–H groups in total. The summed E-state index contributed by atoms with van der Waals surface area (Å²) in [6, 6.07) is 0. The maximum atomic E-state index is 12.2. The van der Waals surface area contributed by atoms with Crippen molar-refractivity contribution in [3.63, 3.8) is 0 Å². The van der Waals surface area contributed by atoms with Gasteiger partial charge in [0.15, 0.2) is 10.7 Å². The molecular weight excluding hydrogens is 252 g/mol. The minimum Gasteiger partial charge on any atom is -0.476 e. The lowest BCUT2D eigenvalue weighted by molar-refractivity contribution is 0.0691. The molecule has 1 amide bonds. The van der Waals surface area contributed by atoms with E-state index in [2.05, 4.69) is 4.98 Å². The fourth-order valence-corrected chi connectivity index (χ4v) is 2.81. The Bertz CT molecular complexity index is 436. The van der Waals surface area contributed by atoms with Gasteiger partial charge >= 0.3 is 5.97 Å². The largest absolute Gasteiger partial charge is 0.476 e. The number of nitrogens with zero attached hydrogens (tertiary/aromatic N) is 2. The summed E-state index contributed by atoms with van der Waals surface area (Å²) in [7, 11) is 0. The molecule has 1 aromatic rings. The van der Waals surface area contributed by atoms with Crippen LogP contribution in [0.25, 0.3) is 0 Å². The van der Waals surface area contributed by atoms with Gasteiger partial charge in [0.25, 0.3) is 5.91 Å². The number of amides is 1. The number of carboxylic acid groups (broad SMARTS) is 1. The van der Waals surface area contributed by atoms with E-state index in [1.807, 2.05) is 0 Å². The van der Waals surface area contributed by atoms with Gasteiger partial charge in [0, 0.05) is 18.5 Å². The molecule has 0 aromatic carbocycles. The molecule has 1 aromatic heterocycles. The summed E-state index contributed by atoms with van der Waals surface area (Å²) in [6.45, 7) is 1.50. The molecule has 1 aliphatic rings. The van der Waals surface area contributed by atoms with Crippen molar-refractivity contribution in [1.82, 2.24) is 9.88 Å². The molecule has 1 fully saturated rings. The minimum absolute atomic E-state index is 0.0459. The third-order valence-corrected chi connectivity index (χ3v) is 3.88. The van der Waals surface area contributed by atoms with E-state index in [0.29, 0.717) is 0 Å². The van der Waals surface area contributed by atoms with Crippen molar-refractivity contribution in [3.05, 3.63) is 16.1 Å². The number of rotatable bonds is 2. The van der Waals surface area contributed by atoms with Crippen molar-refractivity contribution in [2.45, 2.75) is 32.1 Å². The molecule has 0 saturated carbocycles. The quantitative estimate of drug-likeness (QED) is 0.893. The Morgan fingerprint density at radius 3 is 2.33 bits per heavy atom. The monoisotopic (exact) mass is 268 g/mol. The van der Waals surface area contributed by atoms with Crippen LogP contribution in [0.5, 0.6) is 0 Å². The number of aromatic carboxylic acids is 1. The van der Waals surface area contributed by atoms with Crippen molar-refractivity contribution < 1.29 is 14.7 Å². The highest BCUT2D eigenvalue weighted by Crippen LogP contribution is 2.16. The van der Waals surface area contributed by atoms with E-state index in [4.69, 9.17) is 5.11 Å². The van der Waals surface area contributed by atoms with Crippen LogP contribution >= 0.6 is 11.3 Å². The molecule has 0 radical (unpaired) electrons. The summed E-state index contributed by atoms with van der Waals surface area (Å²) in [5.41, 5.74) is -0.0459. The standard InChI is InChI=1S/C12H16N2O3S/c15-11(10-13-9(8-18-10)12(16)17)14-6-4-2-1-3-5-7-14/h8H,1-7H2,(H,16,17). The Labute approximate surface area is 109 Å².